The van der Waals surface area contributed by atoms with E-state index in [1.807, 2.05) is 26.0 Å². The van der Waals surface area contributed by atoms with Gasteiger partial charge in [-0.2, -0.15) is 14.9 Å². The number of carbonyl (C=O) groups excluding carboxylic acids is 1. The van der Waals surface area contributed by atoms with Gasteiger partial charge in [-0.25, -0.2) is 4.98 Å². The monoisotopic (exact) mass is 369 g/mol. The summed E-state index contributed by atoms with van der Waals surface area (Å²) in [6.07, 6.45) is 3.44. The molecule has 4 heterocycles. The lowest BCUT2D eigenvalue weighted by Gasteiger charge is -2.35. The van der Waals surface area contributed by atoms with Crippen LogP contribution in [0.15, 0.2) is 24.5 Å². The molecular formula is C18H23N7O2. The van der Waals surface area contributed by atoms with E-state index in [0.29, 0.717) is 24.7 Å². The second kappa shape index (κ2) is 6.34. The maximum absolute atomic E-state index is 12.2. The fraction of sp³-hybridized carbons (Fsp3) is 0.444. The lowest BCUT2D eigenvalue weighted by Crippen LogP contribution is -2.44. The molecule has 3 aromatic heterocycles. The van der Waals surface area contributed by atoms with Crippen LogP contribution in [0.2, 0.25) is 0 Å². The number of carbonyl (C=O) groups is 1. The van der Waals surface area contributed by atoms with Crippen LogP contribution in [-0.2, 0) is 14.9 Å². The van der Waals surface area contributed by atoms with Crippen LogP contribution >= 0.6 is 0 Å². The molecule has 3 N–H and O–H groups in total. The number of fused-ring (bicyclic) bond motifs is 1. The topological polar surface area (TPSA) is 115 Å². The summed E-state index contributed by atoms with van der Waals surface area (Å²) in [7, 11) is 0. The molecule has 0 saturated carbocycles. The van der Waals surface area contributed by atoms with E-state index in [-0.39, 0.29) is 6.04 Å². The van der Waals surface area contributed by atoms with Crippen LogP contribution in [0.1, 0.15) is 26.3 Å². The Kier molecular flexibility index (Phi) is 4.11. The Morgan fingerprint density at radius 3 is 2.89 bits per heavy atom. The van der Waals surface area contributed by atoms with Crippen molar-refractivity contribution < 1.29 is 9.53 Å². The number of ether oxygens (including phenoxy) is 1. The molecule has 1 fully saturated rings. The summed E-state index contributed by atoms with van der Waals surface area (Å²) >= 11 is 0. The number of nitrogens with zero attached hydrogens (tertiary/aromatic N) is 5. The number of amides is 1. The number of aromatic nitrogens is 5. The second-order valence-corrected chi connectivity index (χ2v) is 7.36. The van der Waals surface area contributed by atoms with Crippen LogP contribution in [0.5, 0.6) is 0 Å². The van der Waals surface area contributed by atoms with E-state index in [9.17, 15) is 4.79 Å². The van der Waals surface area contributed by atoms with Gasteiger partial charge in [-0.15, -0.1) is 0 Å². The highest BCUT2D eigenvalue weighted by molar-refractivity contribution is 5.93. The molecule has 1 unspecified atom stereocenters. The summed E-state index contributed by atoms with van der Waals surface area (Å²) < 4.78 is 7.22. The molecule has 1 aliphatic rings. The molecule has 0 spiro atoms. The summed E-state index contributed by atoms with van der Waals surface area (Å²) in [5, 5.41) is 12.2. The van der Waals surface area contributed by atoms with Crippen LogP contribution < -0.4 is 10.6 Å². The third-order valence-corrected chi connectivity index (χ3v) is 5.18. The number of anilines is 1. The van der Waals surface area contributed by atoms with Crippen LogP contribution in [-0.4, -0.2) is 56.7 Å². The van der Waals surface area contributed by atoms with E-state index in [4.69, 9.17) is 15.5 Å². The minimum Gasteiger partial charge on any atom is -0.377 e. The molecule has 0 aliphatic carbocycles. The number of hydrogen-bond donors (Lipinski definition) is 2. The van der Waals surface area contributed by atoms with Crippen molar-refractivity contribution >= 4 is 22.8 Å². The zero-order valence-electron chi connectivity index (χ0n) is 15.6. The molecule has 1 aliphatic heterocycles. The lowest BCUT2D eigenvalue weighted by molar-refractivity contribution is -0.122. The van der Waals surface area contributed by atoms with Crippen LogP contribution in [0, 0.1) is 0 Å². The molecule has 142 valence electrons. The van der Waals surface area contributed by atoms with Crippen molar-refractivity contribution in [3.05, 3.63) is 30.1 Å². The molecule has 0 radical (unpaired) electrons. The predicted molar refractivity (Wildman–Crippen MR) is 101 cm³/mol. The number of aromatic amines is 1. The number of nitrogens with one attached hydrogen (secondary N) is 1. The van der Waals surface area contributed by atoms with E-state index in [1.165, 1.54) is 0 Å². The van der Waals surface area contributed by atoms with Crippen molar-refractivity contribution in [2.24, 2.45) is 5.73 Å². The number of rotatable bonds is 4. The molecule has 0 aromatic carbocycles. The fourth-order valence-electron chi connectivity index (χ4n) is 3.39. The van der Waals surface area contributed by atoms with Crippen LogP contribution in [0.25, 0.3) is 16.9 Å². The Bertz CT molecular complexity index is 977. The predicted octanol–water partition coefficient (Wildman–Crippen LogP) is 1.13. The highest BCUT2D eigenvalue weighted by Crippen LogP contribution is 2.34. The highest BCUT2D eigenvalue weighted by Gasteiger charge is 2.33. The van der Waals surface area contributed by atoms with E-state index in [1.54, 1.807) is 17.1 Å². The smallest absolute Gasteiger partial charge is 0.227 e. The summed E-state index contributed by atoms with van der Waals surface area (Å²) in [5.41, 5.74) is 6.29. The number of nitrogens with two attached hydrogens (primary N) is 1. The third kappa shape index (κ3) is 2.84. The van der Waals surface area contributed by atoms with E-state index in [2.05, 4.69) is 27.1 Å². The van der Waals surface area contributed by atoms with Gasteiger partial charge in [0.05, 0.1) is 30.9 Å². The molecule has 1 amide bonds. The minimum absolute atomic E-state index is 0.176. The van der Waals surface area contributed by atoms with Gasteiger partial charge >= 0.3 is 0 Å². The van der Waals surface area contributed by atoms with Gasteiger partial charge in [-0.05, 0) is 32.4 Å². The van der Waals surface area contributed by atoms with Gasteiger partial charge < -0.3 is 15.4 Å². The highest BCUT2D eigenvalue weighted by atomic mass is 16.5. The molecule has 0 bridgehead atoms. The van der Waals surface area contributed by atoms with Gasteiger partial charge in [0.15, 0.2) is 11.5 Å². The summed E-state index contributed by atoms with van der Waals surface area (Å²) in [5.74, 6) is 1.01. The van der Waals surface area contributed by atoms with Gasteiger partial charge in [0.2, 0.25) is 5.91 Å². The van der Waals surface area contributed by atoms with Crippen LogP contribution in [0.3, 0.4) is 0 Å². The van der Waals surface area contributed by atoms with E-state index in [0.717, 1.165) is 23.3 Å². The van der Waals surface area contributed by atoms with Crippen molar-refractivity contribution in [3.8, 4) is 5.82 Å². The number of pyridine rings is 1. The van der Waals surface area contributed by atoms with Gasteiger partial charge in [0.1, 0.15) is 5.82 Å². The Morgan fingerprint density at radius 1 is 1.41 bits per heavy atom. The summed E-state index contributed by atoms with van der Waals surface area (Å²) in [4.78, 5) is 19.2. The number of primary amides is 1. The second-order valence-electron chi connectivity index (χ2n) is 7.36. The van der Waals surface area contributed by atoms with Crippen molar-refractivity contribution in [1.82, 2.24) is 25.0 Å². The maximum Gasteiger partial charge on any atom is 0.227 e. The molecular weight excluding hydrogens is 346 g/mol. The Labute approximate surface area is 156 Å². The standard InChI is InChI=1S/C18H23N7O2/c1-11-10-27-7-6-24(11)15-8-13(18(2,3)17(19)26)12-9-21-25(16(12)22-15)14-4-5-20-23-14/h4-5,8-9,11H,6-7,10H2,1-3H3,(H2,19,26)(H,20,23). The number of H-pyrrole nitrogens is 1. The first-order valence-electron chi connectivity index (χ1n) is 8.93. The van der Waals surface area contributed by atoms with Gasteiger partial charge in [0, 0.05) is 24.2 Å². The molecule has 4 rings (SSSR count). The van der Waals surface area contributed by atoms with E-state index < -0.39 is 11.3 Å². The first kappa shape index (κ1) is 17.5. The average Bonchev–Trinajstić information content (AvgIpc) is 3.30. The summed E-state index contributed by atoms with van der Waals surface area (Å²) in [6, 6.07) is 3.94. The SMILES string of the molecule is CC1COCCN1c1cc(C(C)(C)C(N)=O)c2cnn(-c3cc[nH]n3)c2n1. The minimum atomic E-state index is -0.870. The molecule has 9 nitrogen and oxygen atoms in total. The third-order valence-electron chi connectivity index (χ3n) is 5.18. The normalized spacial score (nSPS) is 18.2. The average molecular weight is 369 g/mol. The molecule has 9 heteroatoms. The zero-order valence-corrected chi connectivity index (χ0v) is 15.6. The fourth-order valence-corrected chi connectivity index (χ4v) is 3.39. The van der Waals surface area contributed by atoms with E-state index >= 15 is 0 Å². The summed E-state index contributed by atoms with van der Waals surface area (Å²) in [6.45, 7) is 7.73. The van der Waals surface area contributed by atoms with Crippen molar-refractivity contribution in [1.29, 1.82) is 0 Å². The van der Waals surface area contributed by atoms with Crippen molar-refractivity contribution in [2.45, 2.75) is 32.2 Å². The Balaban J connectivity index is 1.96. The lowest BCUT2D eigenvalue weighted by atomic mass is 9.82. The quantitative estimate of drug-likeness (QED) is 0.712. The molecule has 27 heavy (non-hydrogen) atoms. The first-order valence-corrected chi connectivity index (χ1v) is 8.93. The first-order chi connectivity index (χ1) is 12.9. The number of morpholine rings is 1. The van der Waals surface area contributed by atoms with Crippen molar-refractivity contribution in [2.75, 3.05) is 24.7 Å². The Morgan fingerprint density at radius 2 is 2.22 bits per heavy atom. The van der Waals surface area contributed by atoms with Crippen molar-refractivity contribution in [3.63, 3.8) is 0 Å². The van der Waals surface area contributed by atoms with Gasteiger partial charge in [-0.1, -0.05) is 0 Å². The largest absolute Gasteiger partial charge is 0.377 e. The van der Waals surface area contributed by atoms with Gasteiger partial charge in [0.25, 0.3) is 0 Å². The maximum atomic E-state index is 12.2. The molecule has 1 saturated heterocycles. The zero-order chi connectivity index (χ0) is 19.2. The molecule has 3 aromatic rings. The Hall–Kier alpha value is -2.94. The molecule has 1 atom stereocenters. The van der Waals surface area contributed by atoms with Crippen LogP contribution in [0.4, 0.5) is 5.82 Å². The van der Waals surface area contributed by atoms with Gasteiger partial charge in [-0.3, -0.25) is 9.89 Å². The number of hydrogen-bond acceptors (Lipinski definition) is 6.